The second-order valence-electron chi connectivity index (χ2n) is 3.19. The molecule has 0 saturated heterocycles. The molecule has 0 radical (unpaired) electrons. The van der Waals surface area contributed by atoms with Crippen molar-refractivity contribution in [2.45, 2.75) is 13.0 Å². The van der Waals surface area contributed by atoms with Crippen LogP contribution in [0.1, 0.15) is 24.2 Å². The molecule has 0 aromatic heterocycles. The van der Waals surface area contributed by atoms with E-state index >= 15 is 0 Å². The summed E-state index contributed by atoms with van der Waals surface area (Å²) in [6.45, 7) is 8.99. The molecule has 0 aliphatic carbocycles. The van der Waals surface area contributed by atoms with Crippen molar-refractivity contribution >= 4 is 5.57 Å². The summed E-state index contributed by atoms with van der Waals surface area (Å²) in [6, 6.07) is 4.23. The van der Waals surface area contributed by atoms with Gasteiger partial charge in [0.1, 0.15) is 5.82 Å². The molecule has 0 heterocycles. The van der Waals surface area contributed by atoms with Gasteiger partial charge in [-0.1, -0.05) is 24.3 Å². The maximum Gasteiger partial charge on any atom is 0.123 e. The van der Waals surface area contributed by atoms with Crippen LogP contribution in [0.15, 0.2) is 37.4 Å². The topological polar surface area (TPSA) is 20.2 Å². The minimum absolute atomic E-state index is 0.331. The molecule has 0 spiro atoms. The molecule has 1 unspecified atom stereocenters. The Labute approximate surface area is 83.2 Å². The average Bonchev–Trinajstić information content (AvgIpc) is 2.16. The molecule has 0 aliphatic heterocycles. The SMILES string of the molecule is C=CC(O)c1ccc(F)cc1C(=C)C. The Morgan fingerprint density at radius 3 is 2.71 bits per heavy atom. The van der Waals surface area contributed by atoms with Gasteiger partial charge in [0.15, 0.2) is 0 Å². The molecule has 74 valence electrons. The van der Waals surface area contributed by atoms with Crippen molar-refractivity contribution < 1.29 is 9.50 Å². The highest BCUT2D eigenvalue weighted by atomic mass is 19.1. The van der Waals surface area contributed by atoms with E-state index in [9.17, 15) is 9.50 Å². The molecule has 1 rings (SSSR count). The molecule has 0 bridgehead atoms. The van der Waals surface area contributed by atoms with Gasteiger partial charge in [-0.15, -0.1) is 6.58 Å². The second kappa shape index (κ2) is 4.20. The molecule has 1 aromatic rings. The molecule has 2 heteroatoms. The maximum atomic E-state index is 12.9. The van der Waals surface area contributed by atoms with Crippen LogP contribution in [0.5, 0.6) is 0 Å². The average molecular weight is 192 g/mol. The molecular weight excluding hydrogens is 179 g/mol. The van der Waals surface area contributed by atoms with Gasteiger partial charge in [0.2, 0.25) is 0 Å². The first kappa shape index (κ1) is 10.7. The number of halogens is 1. The number of hydrogen-bond donors (Lipinski definition) is 1. The fraction of sp³-hybridized carbons (Fsp3) is 0.167. The van der Waals surface area contributed by atoms with E-state index in [2.05, 4.69) is 13.2 Å². The van der Waals surface area contributed by atoms with Crippen molar-refractivity contribution in [1.82, 2.24) is 0 Å². The van der Waals surface area contributed by atoms with Gasteiger partial charge in [-0.3, -0.25) is 0 Å². The summed E-state index contributed by atoms with van der Waals surface area (Å²) in [7, 11) is 0. The Bertz CT molecular complexity index is 369. The van der Waals surface area contributed by atoms with Gasteiger partial charge in [-0.2, -0.15) is 0 Å². The standard InChI is InChI=1S/C12H13FO/c1-4-12(14)10-6-5-9(13)7-11(10)8(2)3/h4-7,12,14H,1-2H2,3H3. The van der Waals surface area contributed by atoms with E-state index in [1.165, 1.54) is 18.2 Å². The number of rotatable bonds is 3. The van der Waals surface area contributed by atoms with Crippen LogP contribution in [0, 0.1) is 5.82 Å². The second-order valence-corrected chi connectivity index (χ2v) is 3.19. The van der Waals surface area contributed by atoms with Gasteiger partial charge in [-0.05, 0) is 30.2 Å². The number of allylic oxidation sites excluding steroid dienone is 1. The van der Waals surface area contributed by atoms with E-state index in [1.54, 1.807) is 13.0 Å². The molecule has 1 N–H and O–H groups in total. The van der Waals surface area contributed by atoms with E-state index in [0.29, 0.717) is 11.1 Å². The number of hydrogen-bond acceptors (Lipinski definition) is 1. The third kappa shape index (κ3) is 2.09. The van der Waals surface area contributed by atoms with Crippen LogP contribution in [0.25, 0.3) is 5.57 Å². The quantitative estimate of drug-likeness (QED) is 0.730. The van der Waals surface area contributed by atoms with Crippen LogP contribution in [0.3, 0.4) is 0 Å². The smallest absolute Gasteiger partial charge is 0.123 e. The predicted octanol–water partition coefficient (Wildman–Crippen LogP) is 3.08. The fourth-order valence-corrected chi connectivity index (χ4v) is 1.28. The summed E-state index contributed by atoms with van der Waals surface area (Å²) in [4.78, 5) is 0. The Morgan fingerprint density at radius 1 is 1.57 bits per heavy atom. The van der Waals surface area contributed by atoms with E-state index in [0.717, 1.165) is 5.57 Å². The van der Waals surface area contributed by atoms with Gasteiger partial charge in [0.25, 0.3) is 0 Å². The Hall–Kier alpha value is -1.41. The van der Waals surface area contributed by atoms with Gasteiger partial charge in [-0.25, -0.2) is 4.39 Å². The van der Waals surface area contributed by atoms with Crippen molar-refractivity contribution in [2.75, 3.05) is 0 Å². The lowest BCUT2D eigenvalue weighted by Crippen LogP contribution is -1.98. The minimum atomic E-state index is -0.776. The first-order valence-electron chi connectivity index (χ1n) is 4.32. The lowest BCUT2D eigenvalue weighted by molar-refractivity contribution is 0.228. The highest BCUT2D eigenvalue weighted by Crippen LogP contribution is 2.24. The van der Waals surface area contributed by atoms with Crippen LogP contribution >= 0.6 is 0 Å². The monoisotopic (exact) mass is 192 g/mol. The summed E-state index contributed by atoms with van der Waals surface area (Å²) in [5.74, 6) is -0.331. The number of aliphatic hydroxyl groups is 1. The van der Waals surface area contributed by atoms with Crippen molar-refractivity contribution in [1.29, 1.82) is 0 Å². The molecule has 0 amide bonds. The third-order valence-electron chi connectivity index (χ3n) is 2.02. The summed E-state index contributed by atoms with van der Waals surface area (Å²) in [6.07, 6.45) is 0.627. The first-order valence-corrected chi connectivity index (χ1v) is 4.32. The van der Waals surface area contributed by atoms with Crippen LogP contribution in [-0.2, 0) is 0 Å². The van der Waals surface area contributed by atoms with Crippen LogP contribution < -0.4 is 0 Å². The minimum Gasteiger partial charge on any atom is -0.384 e. The van der Waals surface area contributed by atoms with Crippen molar-refractivity contribution in [3.63, 3.8) is 0 Å². The molecule has 1 aromatic carbocycles. The summed E-state index contributed by atoms with van der Waals surface area (Å²) in [5.41, 5.74) is 1.99. The summed E-state index contributed by atoms with van der Waals surface area (Å²) >= 11 is 0. The van der Waals surface area contributed by atoms with E-state index in [4.69, 9.17) is 0 Å². The lowest BCUT2D eigenvalue weighted by atomic mass is 9.98. The van der Waals surface area contributed by atoms with Gasteiger partial charge < -0.3 is 5.11 Å². The molecule has 0 saturated carbocycles. The first-order chi connectivity index (χ1) is 6.56. The van der Waals surface area contributed by atoms with E-state index in [-0.39, 0.29) is 5.82 Å². The van der Waals surface area contributed by atoms with Crippen molar-refractivity contribution in [2.24, 2.45) is 0 Å². The van der Waals surface area contributed by atoms with Crippen molar-refractivity contribution in [3.8, 4) is 0 Å². The molecular formula is C12H13FO. The van der Waals surface area contributed by atoms with Crippen LogP contribution in [0.2, 0.25) is 0 Å². The van der Waals surface area contributed by atoms with Gasteiger partial charge in [0, 0.05) is 0 Å². The lowest BCUT2D eigenvalue weighted by Gasteiger charge is -2.12. The molecule has 0 aliphatic rings. The zero-order valence-electron chi connectivity index (χ0n) is 8.13. The zero-order chi connectivity index (χ0) is 10.7. The molecule has 0 fully saturated rings. The molecule has 1 nitrogen and oxygen atoms in total. The molecule has 14 heavy (non-hydrogen) atoms. The predicted molar refractivity (Wildman–Crippen MR) is 56.3 cm³/mol. The largest absolute Gasteiger partial charge is 0.384 e. The summed E-state index contributed by atoms with van der Waals surface area (Å²) in [5, 5.41) is 9.57. The third-order valence-corrected chi connectivity index (χ3v) is 2.02. The highest BCUT2D eigenvalue weighted by molar-refractivity contribution is 5.65. The fourth-order valence-electron chi connectivity index (χ4n) is 1.28. The van der Waals surface area contributed by atoms with E-state index < -0.39 is 6.10 Å². The number of aliphatic hydroxyl groups excluding tert-OH is 1. The highest BCUT2D eigenvalue weighted by Gasteiger charge is 2.10. The Balaban J connectivity index is 3.28. The maximum absolute atomic E-state index is 12.9. The number of benzene rings is 1. The zero-order valence-corrected chi connectivity index (χ0v) is 8.13. The van der Waals surface area contributed by atoms with Crippen LogP contribution in [-0.4, -0.2) is 5.11 Å². The Kier molecular flexibility index (Phi) is 3.20. The molecule has 1 atom stereocenters. The van der Waals surface area contributed by atoms with Gasteiger partial charge >= 0.3 is 0 Å². The summed E-state index contributed by atoms with van der Waals surface area (Å²) < 4.78 is 12.9. The normalized spacial score (nSPS) is 12.2. The Morgan fingerprint density at radius 2 is 2.21 bits per heavy atom. The van der Waals surface area contributed by atoms with Crippen LogP contribution in [0.4, 0.5) is 4.39 Å². The van der Waals surface area contributed by atoms with Gasteiger partial charge in [0.05, 0.1) is 6.10 Å². The van der Waals surface area contributed by atoms with Crippen molar-refractivity contribution in [3.05, 3.63) is 54.4 Å². The van der Waals surface area contributed by atoms with E-state index in [1.807, 2.05) is 0 Å².